The van der Waals surface area contributed by atoms with Crippen LogP contribution in [0.4, 0.5) is 0 Å². The van der Waals surface area contributed by atoms with E-state index in [-0.39, 0.29) is 12.4 Å². The summed E-state index contributed by atoms with van der Waals surface area (Å²) < 4.78 is 5.54. The van der Waals surface area contributed by atoms with E-state index in [9.17, 15) is 0 Å². The van der Waals surface area contributed by atoms with Gasteiger partial charge in [0.25, 0.3) is 0 Å². The van der Waals surface area contributed by atoms with E-state index in [4.69, 9.17) is 4.52 Å². The standard InChI is InChI=1S/C20H28N2O.ClH/c1-4-11-22(12-5-2)17-10-9-16-7-6-8-18(19(16)13-17)20-15(3)14-21-23-20;/h6-8,14,17H,4-5,9-13H2,1-3H3;1H. The number of hydrogen-bond donors (Lipinski definition) is 0. The third kappa shape index (κ3) is 3.84. The number of aryl methyl sites for hydroxylation is 2. The van der Waals surface area contributed by atoms with E-state index in [1.165, 1.54) is 55.5 Å². The number of hydrogen-bond acceptors (Lipinski definition) is 3. The molecule has 1 heterocycles. The van der Waals surface area contributed by atoms with Gasteiger partial charge in [0.2, 0.25) is 0 Å². The van der Waals surface area contributed by atoms with Gasteiger partial charge in [0.05, 0.1) is 6.20 Å². The Balaban J connectivity index is 0.00000208. The zero-order chi connectivity index (χ0) is 16.2. The lowest BCUT2D eigenvalue weighted by atomic mass is 9.83. The van der Waals surface area contributed by atoms with Crippen molar-refractivity contribution in [1.29, 1.82) is 0 Å². The van der Waals surface area contributed by atoms with E-state index in [1.54, 1.807) is 0 Å². The molecule has 0 amide bonds. The first-order chi connectivity index (χ1) is 11.2. The second kappa shape index (κ2) is 8.68. The Bertz CT molecular complexity index is 647. The summed E-state index contributed by atoms with van der Waals surface area (Å²) in [5.74, 6) is 0.944. The van der Waals surface area contributed by atoms with Crippen molar-refractivity contribution in [2.45, 2.75) is 58.9 Å². The first-order valence-electron chi connectivity index (χ1n) is 9.01. The van der Waals surface area contributed by atoms with Crippen LogP contribution in [0.25, 0.3) is 11.3 Å². The highest BCUT2D eigenvalue weighted by Crippen LogP contribution is 2.34. The molecule has 1 aliphatic rings. The van der Waals surface area contributed by atoms with Gasteiger partial charge < -0.3 is 9.42 Å². The topological polar surface area (TPSA) is 29.3 Å². The summed E-state index contributed by atoms with van der Waals surface area (Å²) in [5, 5.41) is 3.97. The third-order valence-corrected chi connectivity index (χ3v) is 4.99. The summed E-state index contributed by atoms with van der Waals surface area (Å²) in [6.45, 7) is 9.05. The van der Waals surface area contributed by atoms with Crippen molar-refractivity contribution in [1.82, 2.24) is 10.1 Å². The van der Waals surface area contributed by atoms with Crippen LogP contribution in [0.3, 0.4) is 0 Å². The van der Waals surface area contributed by atoms with E-state index >= 15 is 0 Å². The lowest BCUT2D eigenvalue weighted by Crippen LogP contribution is -2.40. The van der Waals surface area contributed by atoms with Crippen molar-refractivity contribution >= 4 is 12.4 Å². The first-order valence-corrected chi connectivity index (χ1v) is 9.01. The Kier molecular flexibility index (Phi) is 6.88. The monoisotopic (exact) mass is 348 g/mol. The number of aromatic nitrogens is 1. The molecule has 0 saturated heterocycles. The van der Waals surface area contributed by atoms with Crippen LogP contribution in [0.1, 0.15) is 49.8 Å². The van der Waals surface area contributed by atoms with Crippen molar-refractivity contribution in [3.05, 3.63) is 41.1 Å². The fraction of sp³-hybridized carbons (Fsp3) is 0.550. The molecule has 0 spiro atoms. The van der Waals surface area contributed by atoms with Crippen LogP contribution in [0.5, 0.6) is 0 Å². The Morgan fingerprint density at radius 1 is 1.21 bits per heavy atom. The molecule has 132 valence electrons. The molecular formula is C20H29ClN2O. The van der Waals surface area contributed by atoms with Crippen LogP contribution in [-0.2, 0) is 12.8 Å². The SMILES string of the molecule is CCCN(CCC)C1CCc2cccc(-c3oncc3C)c2C1.Cl. The van der Waals surface area contributed by atoms with E-state index < -0.39 is 0 Å². The first kappa shape index (κ1) is 19.0. The molecule has 1 aromatic heterocycles. The van der Waals surface area contributed by atoms with Gasteiger partial charge in [0.15, 0.2) is 5.76 Å². The summed E-state index contributed by atoms with van der Waals surface area (Å²) in [6.07, 6.45) is 7.84. The van der Waals surface area contributed by atoms with E-state index in [0.717, 1.165) is 17.7 Å². The predicted octanol–water partition coefficient (Wildman–Crippen LogP) is 5.05. The van der Waals surface area contributed by atoms with Gasteiger partial charge in [-0.2, -0.15) is 0 Å². The molecule has 0 bridgehead atoms. The number of halogens is 1. The molecule has 1 atom stereocenters. The maximum atomic E-state index is 5.54. The van der Waals surface area contributed by atoms with Gasteiger partial charge in [-0.3, -0.25) is 0 Å². The second-order valence-electron chi connectivity index (χ2n) is 6.71. The highest BCUT2D eigenvalue weighted by molar-refractivity contribution is 5.85. The van der Waals surface area contributed by atoms with Gasteiger partial charge in [0, 0.05) is 17.2 Å². The van der Waals surface area contributed by atoms with Crippen molar-refractivity contribution in [2.24, 2.45) is 0 Å². The van der Waals surface area contributed by atoms with E-state index in [2.05, 4.69) is 49.0 Å². The average Bonchev–Trinajstić information content (AvgIpc) is 2.99. The number of nitrogens with zero attached hydrogens (tertiary/aromatic N) is 2. The maximum Gasteiger partial charge on any atom is 0.170 e. The molecule has 1 aromatic carbocycles. The molecule has 24 heavy (non-hydrogen) atoms. The van der Waals surface area contributed by atoms with Gasteiger partial charge >= 0.3 is 0 Å². The molecule has 1 unspecified atom stereocenters. The highest BCUT2D eigenvalue weighted by Gasteiger charge is 2.26. The smallest absolute Gasteiger partial charge is 0.170 e. The summed E-state index contributed by atoms with van der Waals surface area (Å²) >= 11 is 0. The average molecular weight is 349 g/mol. The molecule has 0 fully saturated rings. The molecule has 0 aliphatic heterocycles. The second-order valence-corrected chi connectivity index (χ2v) is 6.71. The van der Waals surface area contributed by atoms with Gasteiger partial charge in [-0.15, -0.1) is 12.4 Å². The van der Waals surface area contributed by atoms with Crippen molar-refractivity contribution in [3.8, 4) is 11.3 Å². The summed E-state index contributed by atoms with van der Waals surface area (Å²) in [4.78, 5) is 2.69. The summed E-state index contributed by atoms with van der Waals surface area (Å²) in [6, 6.07) is 7.29. The molecule has 0 radical (unpaired) electrons. The minimum absolute atomic E-state index is 0. The minimum Gasteiger partial charge on any atom is -0.356 e. The van der Waals surface area contributed by atoms with Crippen LogP contribution >= 0.6 is 12.4 Å². The lowest BCUT2D eigenvalue weighted by Gasteiger charge is -2.35. The van der Waals surface area contributed by atoms with Crippen molar-refractivity contribution < 1.29 is 4.52 Å². The van der Waals surface area contributed by atoms with Crippen molar-refractivity contribution in [3.63, 3.8) is 0 Å². The number of rotatable bonds is 6. The van der Waals surface area contributed by atoms with Crippen LogP contribution in [0.2, 0.25) is 0 Å². The van der Waals surface area contributed by atoms with E-state index in [1.807, 2.05) is 6.20 Å². The zero-order valence-corrected chi connectivity index (χ0v) is 15.9. The summed E-state index contributed by atoms with van der Waals surface area (Å²) in [5.41, 5.74) is 5.33. The molecule has 0 saturated carbocycles. The molecule has 0 N–H and O–H groups in total. The number of benzene rings is 1. The zero-order valence-electron chi connectivity index (χ0n) is 15.0. The maximum absolute atomic E-state index is 5.54. The van der Waals surface area contributed by atoms with Gasteiger partial charge in [-0.25, -0.2) is 0 Å². The molecule has 2 aromatic rings. The van der Waals surface area contributed by atoms with Gasteiger partial charge in [-0.1, -0.05) is 37.2 Å². The van der Waals surface area contributed by atoms with Crippen LogP contribution in [0, 0.1) is 6.92 Å². The fourth-order valence-corrected chi connectivity index (χ4v) is 3.90. The molecule has 1 aliphatic carbocycles. The van der Waals surface area contributed by atoms with Crippen LogP contribution in [-0.4, -0.2) is 29.2 Å². The lowest BCUT2D eigenvalue weighted by molar-refractivity contribution is 0.180. The van der Waals surface area contributed by atoms with Crippen LogP contribution < -0.4 is 0 Å². The Morgan fingerprint density at radius 2 is 1.96 bits per heavy atom. The summed E-state index contributed by atoms with van der Waals surface area (Å²) in [7, 11) is 0. The van der Waals surface area contributed by atoms with E-state index in [0.29, 0.717) is 6.04 Å². The highest BCUT2D eigenvalue weighted by atomic mass is 35.5. The van der Waals surface area contributed by atoms with Crippen LogP contribution in [0.15, 0.2) is 28.9 Å². The fourth-order valence-electron chi connectivity index (χ4n) is 3.90. The Labute approximate surface area is 151 Å². The van der Waals surface area contributed by atoms with Gasteiger partial charge in [-0.05, 0) is 63.2 Å². The molecule has 3 rings (SSSR count). The predicted molar refractivity (Wildman–Crippen MR) is 102 cm³/mol. The normalized spacial score (nSPS) is 16.8. The quantitative estimate of drug-likeness (QED) is 0.731. The molecule has 3 nitrogen and oxygen atoms in total. The Morgan fingerprint density at radius 3 is 2.58 bits per heavy atom. The largest absolute Gasteiger partial charge is 0.356 e. The Hall–Kier alpha value is -1.32. The molecular weight excluding hydrogens is 320 g/mol. The third-order valence-electron chi connectivity index (χ3n) is 4.99. The van der Waals surface area contributed by atoms with Gasteiger partial charge in [0.1, 0.15) is 0 Å². The minimum atomic E-state index is 0. The van der Waals surface area contributed by atoms with Crippen molar-refractivity contribution in [2.75, 3.05) is 13.1 Å². The molecule has 4 heteroatoms. The number of fused-ring (bicyclic) bond motifs is 1.